The molecule has 45 heavy (non-hydrogen) atoms. The third kappa shape index (κ3) is 3.96. The lowest BCUT2D eigenvalue weighted by Gasteiger charge is -2.27. The van der Waals surface area contributed by atoms with E-state index in [1.807, 2.05) is 6.07 Å². The molecule has 0 spiro atoms. The molecular weight excluding hydrogens is 546 g/mol. The van der Waals surface area contributed by atoms with Gasteiger partial charge in [-0.25, -0.2) is 0 Å². The van der Waals surface area contributed by atoms with Gasteiger partial charge in [0.05, 0.1) is 5.69 Å². The third-order valence-corrected chi connectivity index (χ3v) is 9.65. The number of rotatable bonds is 4. The highest BCUT2D eigenvalue weighted by Gasteiger charge is 2.36. The van der Waals surface area contributed by atoms with Gasteiger partial charge in [-0.1, -0.05) is 111 Å². The first-order valence-corrected chi connectivity index (χ1v) is 15.6. The van der Waals surface area contributed by atoms with E-state index in [2.05, 4.69) is 164 Å². The molecule has 0 saturated heterocycles. The summed E-state index contributed by atoms with van der Waals surface area (Å²) in [6.07, 6.45) is 0. The number of fused-ring (bicyclic) bond motifs is 7. The van der Waals surface area contributed by atoms with Gasteiger partial charge in [-0.2, -0.15) is 0 Å². The molecule has 2 nitrogen and oxygen atoms in total. The summed E-state index contributed by atoms with van der Waals surface area (Å²) in [5.41, 5.74) is 13.0. The molecule has 0 unspecified atom stereocenters. The highest BCUT2D eigenvalue weighted by molar-refractivity contribution is 6.08. The maximum Gasteiger partial charge on any atom is 0.135 e. The lowest BCUT2D eigenvalue weighted by molar-refractivity contribution is 0.647. The van der Waals surface area contributed by atoms with E-state index in [9.17, 15) is 0 Å². The summed E-state index contributed by atoms with van der Waals surface area (Å²) >= 11 is 0. The molecule has 0 atom stereocenters. The van der Waals surface area contributed by atoms with Crippen LogP contribution in [0.2, 0.25) is 0 Å². The van der Waals surface area contributed by atoms with Gasteiger partial charge in [-0.05, 0) is 93.4 Å². The molecule has 8 aromatic rings. The van der Waals surface area contributed by atoms with E-state index in [0.29, 0.717) is 0 Å². The number of benzene rings is 7. The summed E-state index contributed by atoms with van der Waals surface area (Å²) in [7, 11) is 0. The van der Waals surface area contributed by atoms with Crippen LogP contribution in [0.1, 0.15) is 25.0 Å². The first kappa shape index (κ1) is 25.9. The molecule has 1 aromatic heterocycles. The Hall–Kier alpha value is -5.60. The monoisotopic (exact) mass is 577 g/mol. The molecule has 0 radical (unpaired) electrons. The fourth-order valence-electron chi connectivity index (χ4n) is 7.36. The van der Waals surface area contributed by atoms with Crippen LogP contribution >= 0.6 is 0 Å². The van der Waals surface area contributed by atoms with Gasteiger partial charge in [0, 0.05) is 32.9 Å². The minimum Gasteiger partial charge on any atom is -0.456 e. The second kappa shape index (κ2) is 9.70. The Balaban J connectivity index is 1.15. The number of furan rings is 1. The van der Waals surface area contributed by atoms with Crippen LogP contribution in [-0.2, 0) is 5.41 Å². The van der Waals surface area contributed by atoms with Crippen molar-refractivity contribution in [2.45, 2.75) is 19.3 Å². The van der Waals surface area contributed by atoms with E-state index in [4.69, 9.17) is 4.42 Å². The SMILES string of the molecule is CC1(C)c2ccc(-c3ccc(N(c4ccccc4)c4cccc5ccccc45)cc3)cc2-c2cc3c(cc21)oc1ccccc13. The van der Waals surface area contributed by atoms with Crippen LogP contribution in [0.4, 0.5) is 17.1 Å². The van der Waals surface area contributed by atoms with Crippen LogP contribution in [0, 0.1) is 0 Å². The van der Waals surface area contributed by atoms with Gasteiger partial charge in [0.15, 0.2) is 0 Å². The summed E-state index contributed by atoms with van der Waals surface area (Å²) in [5, 5.41) is 4.81. The van der Waals surface area contributed by atoms with E-state index in [0.717, 1.165) is 22.5 Å². The number of para-hydroxylation sites is 2. The lowest BCUT2D eigenvalue weighted by Crippen LogP contribution is -2.14. The normalized spacial score (nSPS) is 13.3. The molecule has 0 N–H and O–H groups in total. The Morgan fingerprint density at radius 1 is 0.467 bits per heavy atom. The van der Waals surface area contributed by atoms with Gasteiger partial charge in [-0.3, -0.25) is 0 Å². The zero-order valence-electron chi connectivity index (χ0n) is 25.3. The molecular formula is C43H31NO. The number of anilines is 3. The van der Waals surface area contributed by atoms with Gasteiger partial charge in [0.25, 0.3) is 0 Å². The number of nitrogens with zero attached hydrogens (tertiary/aromatic N) is 1. The average molecular weight is 578 g/mol. The van der Waals surface area contributed by atoms with Crippen molar-refractivity contribution >= 4 is 49.8 Å². The largest absolute Gasteiger partial charge is 0.456 e. The van der Waals surface area contributed by atoms with Gasteiger partial charge < -0.3 is 9.32 Å². The fourth-order valence-corrected chi connectivity index (χ4v) is 7.36. The Labute approximate surface area is 262 Å². The van der Waals surface area contributed by atoms with Crippen LogP contribution in [0.3, 0.4) is 0 Å². The molecule has 214 valence electrons. The van der Waals surface area contributed by atoms with Crippen molar-refractivity contribution in [2.24, 2.45) is 0 Å². The quantitative estimate of drug-likeness (QED) is 0.207. The molecule has 1 aliphatic carbocycles. The third-order valence-electron chi connectivity index (χ3n) is 9.65. The zero-order valence-corrected chi connectivity index (χ0v) is 25.3. The zero-order chi connectivity index (χ0) is 30.1. The predicted molar refractivity (Wildman–Crippen MR) is 189 cm³/mol. The molecule has 7 aromatic carbocycles. The minimum atomic E-state index is -0.102. The van der Waals surface area contributed by atoms with Crippen molar-refractivity contribution in [3.8, 4) is 22.3 Å². The summed E-state index contributed by atoms with van der Waals surface area (Å²) < 4.78 is 6.28. The fraction of sp³-hybridized carbons (Fsp3) is 0.0698. The molecule has 0 aliphatic heterocycles. The first-order chi connectivity index (χ1) is 22.1. The van der Waals surface area contributed by atoms with Crippen LogP contribution in [-0.4, -0.2) is 0 Å². The molecule has 0 saturated carbocycles. The molecule has 0 amide bonds. The summed E-state index contributed by atoms with van der Waals surface area (Å²) in [6.45, 7) is 4.65. The maximum atomic E-state index is 6.28. The molecule has 9 rings (SSSR count). The van der Waals surface area contributed by atoms with Gasteiger partial charge in [0.1, 0.15) is 11.2 Å². The van der Waals surface area contributed by atoms with Gasteiger partial charge >= 0.3 is 0 Å². The average Bonchev–Trinajstić information content (AvgIpc) is 3.56. The molecule has 2 heteroatoms. The Kier molecular flexibility index (Phi) is 5.58. The first-order valence-electron chi connectivity index (χ1n) is 15.6. The van der Waals surface area contributed by atoms with Crippen molar-refractivity contribution in [3.63, 3.8) is 0 Å². The Morgan fingerprint density at radius 3 is 1.98 bits per heavy atom. The van der Waals surface area contributed by atoms with Crippen molar-refractivity contribution in [3.05, 3.63) is 163 Å². The van der Waals surface area contributed by atoms with Gasteiger partial charge in [0.2, 0.25) is 0 Å². The van der Waals surface area contributed by atoms with Crippen LogP contribution in [0.15, 0.2) is 156 Å². The van der Waals surface area contributed by atoms with E-state index in [1.54, 1.807) is 0 Å². The van der Waals surface area contributed by atoms with Crippen LogP contribution < -0.4 is 4.90 Å². The second-order valence-corrected chi connectivity index (χ2v) is 12.6. The topological polar surface area (TPSA) is 16.4 Å². The second-order valence-electron chi connectivity index (χ2n) is 12.6. The van der Waals surface area contributed by atoms with Crippen molar-refractivity contribution in [1.82, 2.24) is 0 Å². The van der Waals surface area contributed by atoms with Gasteiger partial charge in [-0.15, -0.1) is 0 Å². The Bertz CT molecular complexity index is 2390. The van der Waals surface area contributed by atoms with Crippen molar-refractivity contribution < 1.29 is 4.42 Å². The van der Waals surface area contributed by atoms with E-state index in [-0.39, 0.29) is 5.41 Å². The molecule has 0 bridgehead atoms. The van der Waals surface area contributed by atoms with Crippen molar-refractivity contribution in [1.29, 1.82) is 0 Å². The minimum absolute atomic E-state index is 0.102. The molecule has 0 fully saturated rings. The standard InChI is InChI=1S/C43H31NO/c1-43(2)38-24-21-30(25-35(38)36-26-37-34-16-8-9-18-41(34)45-42(37)27-39(36)43)28-19-22-32(23-20-28)44(31-13-4-3-5-14-31)40-17-10-12-29-11-6-7-15-33(29)40/h3-27H,1-2H3. The number of hydrogen-bond donors (Lipinski definition) is 0. The van der Waals surface area contributed by atoms with Crippen LogP contribution in [0.25, 0.3) is 55.0 Å². The summed E-state index contributed by atoms with van der Waals surface area (Å²) in [4.78, 5) is 2.36. The highest BCUT2D eigenvalue weighted by Crippen LogP contribution is 2.51. The van der Waals surface area contributed by atoms with Crippen molar-refractivity contribution in [2.75, 3.05) is 4.90 Å². The van der Waals surface area contributed by atoms with E-state index < -0.39 is 0 Å². The lowest BCUT2D eigenvalue weighted by atomic mass is 9.82. The van der Waals surface area contributed by atoms with Crippen LogP contribution in [0.5, 0.6) is 0 Å². The predicted octanol–water partition coefficient (Wildman–Crippen LogP) is 12.2. The summed E-state index contributed by atoms with van der Waals surface area (Å²) in [6, 6.07) is 54.7. The molecule has 1 heterocycles. The molecule has 1 aliphatic rings. The highest BCUT2D eigenvalue weighted by atomic mass is 16.3. The summed E-state index contributed by atoms with van der Waals surface area (Å²) in [5.74, 6) is 0. The smallest absolute Gasteiger partial charge is 0.135 e. The van der Waals surface area contributed by atoms with E-state index >= 15 is 0 Å². The number of hydrogen-bond acceptors (Lipinski definition) is 2. The Morgan fingerprint density at radius 2 is 1.13 bits per heavy atom. The maximum absolute atomic E-state index is 6.28. The van der Waals surface area contributed by atoms with E-state index in [1.165, 1.54) is 60.6 Å².